The Bertz CT molecular complexity index is 589. The largest absolute Gasteiger partial charge is 0.459 e. The first-order valence-electron chi connectivity index (χ1n) is 7.23. The SMILES string of the molecule is N=C(N)N1C2CCC1CC(OC(=O)c1cc(Cl)cc(Cl)c1)C2. The second-order valence-electron chi connectivity index (χ2n) is 5.83. The fourth-order valence-electron chi connectivity index (χ4n) is 3.51. The maximum absolute atomic E-state index is 12.2. The maximum Gasteiger partial charge on any atom is 0.338 e. The minimum Gasteiger partial charge on any atom is -0.459 e. The van der Waals surface area contributed by atoms with Crippen LogP contribution in [0.5, 0.6) is 0 Å². The first-order chi connectivity index (χ1) is 10.4. The summed E-state index contributed by atoms with van der Waals surface area (Å²) in [7, 11) is 0. The molecule has 2 fully saturated rings. The van der Waals surface area contributed by atoms with Gasteiger partial charge in [-0.05, 0) is 31.0 Å². The van der Waals surface area contributed by atoms with Gasteiger partial charge in [0.2, 0.25) is 0 Å². The van der Waals surface area contributed by atoms with Gasteiger partial charge in [-0.1, -0.05) is 23.2 Å². The molecule has 0 saturated carbocycles. The van der Waals surface area contributed by atoms with E-state index in [1.807, 2.05) is 4.90 Å². The second kappa shape index (κ2) is 5.97. The molecule has 0 amide bonds. The number of nitrogens with zero attached hydrogens (tertiary/aromatic N) is 1. The average molecular weight is 342 g/mol. The van der Waals surface area contributed by atoms with Crippen molar-refractivity contribution < 1.29 is 9.53 Å². The summed E-state index contributed by atoms with van der Waals surface area (Å²) in [6.07, 6.45) is 3.23. The van der Waals surface area contributed by atoms with Crippen LogP contribution in [0.2, 0.25) is 10.0 Å². The van der Waals surface area contributed by atoms with Crippen LogP contribution in [0.25, 0.3) is 0 Å². The number of esters is 1. The average Bonchev–Trinajstić information content (AvgIpc) is 2.70. The third kappa shape index (κ3) is 3.01. The molecule has 2 atom stereocenters. The van der Waals surface area contributed by atoms with Crippen LogP contribution in [0.15, 0.2) is 18.2 Å². The van der Waals surface area contributed by atoms with Crippen molar-refractivity contribution in [2.24, 2.45) is 5.73 Å². The van der Waals surface area contributed by atoms with Crippen LogP contribution in [-0.4, -0.2) is 35.0 Å². The van der Waals surface area contributed by atoms with Crippen molar-refractivity contribution in [3.63, 3.8) is 0 Å². The summed E-state index contributed by atoms with van der Waals surface area (Å²) in [4.78, 5) is 14.2. The molecular formula is C15H17Cl2N3O2. The van der Waals surface area contributed by atoms with E-state index >= 15 is 0 Å². The highest BCUT2D eigenvalue weighted by molar-refractivity contribution is 6.35. The minimum atomic E-state index is -0.412. The Kier molecular flexibility index (Phi) is 4.19. The molecule has 1 aromatic carbocycles. The first kappa shape index (κ1) is 15.4. The van der Waals surface area contributed by atoms with Gasteiger partial charge in [-0.2, -0.15) is 0 Å². The third-order valence-electron chi connectivity index (χ3n) is 4.34. The van der Waals surface area contributed by atoms with E-state index in [1.54, 1.807) is 18.2 Å². The quantitative estimate of drug-likeness (QED) is 0.492. The van der Waals surface area contributed by atoms with Gasteiger partial charge < -0.3 is 15.4 Å². The van der Waals surface area contributed by atoms with Crippen LogP contribution in [0.4, 0.5) is 0 Å². The lowest BCUT2D eigenvalue weighted by atomic mass is 10.00. The summed E-state index contributed by atoms with van der Waals surface area (Å²) >= 11 is 11.8. The zero-order valence-electron chi connectivity index (χ0n) is 11.9. The Hall–Kier alpha value is -1.46. The molecule has 2 bridgehead atoms. The molecule has 2 aliphatic heterocycles. The number of nitrogens with one attached hydrogen (secondary N) is 1. The molecule has 3 N–H and O–H groups in total. The van der Waals surface area contributed by atoms with Crippen LogP contribution in [0, 0.1) is 5.41 Å². The summed E-state index contributed by atoms with van der Waals surface area (Å²) < 4.78 is 5.60. The number of hydrogen-bond donors (Lipinski definition) is 2. The van der Waals surface area contributed by atoms with E-state index < -0.39 is 5.97 Å². The van der Waals surface area contributed by atoms with Gasteiger partial charge in [0, 0.05) is 35.0 Å². The smallest absolute Gasteiger partial charge is 0.338 e. The fraction of sp³-hybridized carbons (Fsp3) is 0.467. The van der Waals surface area contributed by atoms with Crippen molar-refractivity contribution in [3.8, 4) is 0 Å². The lowest BCUT2D eigenvalue weighted by Gasteiger charge is -2.38. The molecular weight excluding hydrogens is 325 g/mol. The van der Waals surface area contributed by atoms with E-state index in [9.17, 15) is 4.79 Å². The Labute approximate surface area is 138 Å². The highest BCUT2D eigenvalue weighted by Gasteiger charge is 2.42. The van der Waals surface area contributed by atoms with Crippen LogP contribution in [-0.2, 0) is 4.74 Å². The second-order valence-corrected chi connectivity index (χ2v) is 6.71. The van der Waals surface area contributed by atoms with Crippen LogP contribution in [0.1, 0.15) is 36.0 Å². The Morgan fingerprint density at radius 1 is 1.18 bits per heavy atom. The van der Waals surface area contributed by atoms with E-state index in [4.69, 9.17) is 39.1 Å². The summed E-state index contributed by atoms with van der Waals surface area (Å²) in [6, 6.07) is 5.06. The number of piperidine rings is 1. The van der Waals surface area contributed by atoms with Gasteiger partial charge in [0.15, 0.2) is 5.96 Å². The van der Waals surface area contributed by atoms with Gasteiger partial charge in [-0.25, -0.2) is 4.79 Å². The molecule has 2 aliphatic rings. The number of ether oxygens (including phenoxy) is 1. The number of rotatable bonds is 2. The van der Waals surface area contributed by atoms with Crippen molar-refractivity contribution in [1.82, 2.24) is 4.90 Å². The predicted octanol–water partition coefficient (Wildman–Crippen LogP) is 3.04. The first-order valence-corrected chi connectivity index (χ1v) is 7.99. The summed E-state index contributed by atoms with van der Waals surface area (Å²) in [5.74, 6) is -0.302. The lowest BCUT2D eigenvalue weighted by Crippen LogP contribution is -2.51. The van der Waals surface area contributed by atoms with Crippen molar-refractivity contribution in [2.45, 2.75) is 43.9 Å². The Morgan fingerprint density at radius 3 is 2.23 bits per heavy atom. The van der Waals surface area contributed by atoms with E-state index in [0.29, 0.717) is 28.5 Å². The minimum absolute atomic E-state index is 0.110. The molecule has 2 unspecified atom stereocenters. The molecule has 7 heteroatoms. The maximum atomic E-state index is 12.2. The van der Waals surface area contributed by atoms with Crippen molar-refractivity contribution in [1.29, 1.82) is 5.41 Å². The van der Waals surface area contributed by atoms with Crippen LogP contribution >= 0.6 is 23.2 Å². The molecule has 22 heavy (non-hydrogen) atoms. The van der Waals surface area contributed by atoms with Crippen LogP contribution in [0.3, 0.4) is 0 Å². The number of fused-ring (bicyclic) bond motifs is 2. The van der Waals surface area contributed by atoms with E-state index in [0.717, 1.165) is 12.8 Å². The molecule has 118 valence electrons. The Balaban J connectivity index is 1.67. The number of hydrogen-bond acceptors (Lipinski definition) is 3. The molecule has 3 rings (SSSR count). The normalized spacial score (nSPS) is 26.8. The third-order valence-corrected chi connectivity index (χ3v) is 4.78. The van der Waals surface area contributed by atoms with Gasteiger partial charge in [-0.15, -0.1) is 0 Å². The number of halogens is 2. The number of carbonyl (C=O) groups is 1. The molecule has 0 aliphatic carbocycles. The zero-order chi connectivity index (χ0) is 15.9. The van der Waals surface area contributed by atoms with Gasteiger partial charge in [-0.3, -0.25) is 5.41 Å². The molecule has 1 aromatic rings. The highest BCUT2D eigenvalue weighted by Crippen LogP contribution is 2.36. The molecule has 2 saturated heterocycles. The topological polar surface area (TPSA) is 79.4 Å². The van der Waals surface area contributed by atoms with Crippen molar-refractivity contribution >= 4 is 35.1 Å². The van der Waals surface area contributed by atoms with Gasteiger partial charge >= 0.3 is 5.97 Å². The molecule has 0 radical (unpaired) electrons. The highest BCUT2D eigenvalue weighted by atomic mass is 35.5. The summed E-state index contributed by atoms with van der Waals surface area (Å²) in [5, 5.41) is 8.46. The number of nitrogens with two attached hydrogens (primary N) is 1. The number of benzene rings is 1. The molecule has 0 spiro atoms. The lowest BCUT2D eigenvalue weighted by molar-refractivity contribution is 0.00627. The molecule has 0 aromatic heterocycles. The number of carbonyl (C=O) groups excluding carboxylic acids is 1. The fourth-order valence-corrected chi connectivity index (χ4v) is 4.03. The van der Waals surface area contributed by atoms with E-state index in [2.05, 4.69) is 0 Å². The van der Waals surface area contributed by atoms with Gasteiger partial charge in [0.25, 0.3) is 0 Å². The molecule has 2 heterocycles. The van der Waals surface area contributed by atoms with Crippen molar-refractivity contribution in [3.05, 3.63) is 33.8 Å². The summed E-state index contributed by atoms with van der Waals surface area (Å²) in [6.45, 7) is 0. The molecule has 5 nitrogen and oxygen atoms in total. The Morgan fingerprint density at radius 2 is 1.73 bits per heavy atom. The number of guanidine groups is 1. The van der Waals surface area contributed by atoms with E-state index in [-0.39, 0.29) is 24.1 Å². The van der Waals surface area contributed by atoms with Crippen LogP contribution < -0.4 is 5.73 Å². The monoisotopic (exact) mass is 341 g/mol. The van der Waals surface area contributed by atoms with E-state index in [1.165, 1.54) is 0 Å². The predicted molar refractivity (Wildman–Crippen MR) is 85.5 cm³/mol. The van der Waals surface area contributed by atoms with Gasteiger partial charge in [0.1, 0.15) is 6.10 Å². The van der Waals surface area contributed by atoms with Crippen molar-refractivity contribution in [2.75, 3.05) is 0 Å². The zero-order valence-corrected chi connectivity index (χ0v) is 13.4. The van der Waals surface area contributed by atoms with Gasteiger partial charge in [0.05, 0.1) is 5.56 Å². The standard InChI is InChI=1S/C15H17Cl2N3O2/c16-9-3-8(4-10(17)5-9)14(21)22-13-6-11-1-2-12(7-13)20(11)15(18)19/h3-5,11-13H,1-2,6-7H2,(H3,18,19). The summed E-state index contributed by atoms with van der Waals surface area (Å²) in [5.41, 5.74) is 5.99.